The third kappa shape index (κ3) is 2.75. The van der Waals surface area contributed by atoms with Crippen LogP contribution in [0, 0.1) is 18.8 Å². The molecule has 0 aromatic heterocycles. The Bertz CT molecular complexity index is 497. The van der Waals surface area contributed by atoms with Crippen molar-refractivity contribution in [3.8, 4) is 0 Å². The van der Waals surface area contributed by atoms with Gasteiger partial charge in [0.25, 0.3) is 0 Å². The van der Waals surface area contributed by atoms with E-state index >= 15 is 0 Å². The SMILES string of the molecule is Cc1ccc(S(=O)(=O)N2C[C@H](C)C[C@@H](C)C2)cc1. The third-order valence-corrected chi connectivity index (χ3v) is 5.34. The number of rotatable bonds is 2. The van der Waals surface area contributed by atoms with Crippen molar-refractivity contribution in [1.29, 1.82) is 0 Å². The van der Waals surface area contributed by atoms with Crippen LogP contribution in [-0.4, -0.2) is 25.8 Å². The van der Waals surface area contributed by atoms with E-state index in [4.69, 9.17) is 0 Å². The van der Waals surface area contributed by atoms with Crippen LogP contribution in [-0.2, 0) is 10.0 Å². The number of aryl methyl sites for hydroxylation is 1. The van der Waals surface area contributed by atoms with Gasteiger partial charge in [-0.1, -0.05) is 31.5 Å². The Labute approximate surface area is 110 Å². The molecule has 1 aromatic carbocycles. The average molecular weight is 267 g/mol. The summed E-state index contributed by atoms with van der Waals surface area (Å²) in [7, 11) is -3.31. The van der Waals surface area contributed by atoms with E-state index in [1.807, 2.05) is 19.1 Å². The van der Waals surface area contributed by atoms with Gasteiger partial charge < -0.3 is 0 Å². The first-order chi connectivity index (χ1) is 8.39. The molecule has 18 heavy (non-hydrogen) atoms. The first-order valence-electron chi connectivity index (χ1n) is 6.46. The number of hydrogen-bond donors (Lipinski definition) is 0. The van der Waals surface area contributed by atoms with Crippen molar-refractivity contribution in [2.45, 2.75) is 32.1 Å². The first-order valence-corrected chi connectivity index (χ1v) is 7.90. The van der Waals surface area contributed by atoms with Crippen molar-refractivity contribution in [3.05, 3.63) is 29.8 Å². The lowest BCUT2D eigenvalue weighted by molar-refractivity contribution is 0.222. The van der Waals surface area contributed by atoms with E-state index in [-0.39, 0.29) is 0 Å². The van der Waals surface area contributed by atoms with Crippen molar-refractivity contribution in [2.24, 2.45) is 11.8 Å². The van der Waals surface area contributed by atoms with Crippen LogP contribution >= 0.6 is 0 Å². The van der Waals surface area contributed by atoms with Crippen LogP contribution in [0.15, 0.2) is 29.2 Å². The zero-order chi connectivity index (χ0) is 13.3. The van der Waals surface area contributed by atoms with Gasteiger partial charge in [-0.25, -0.2) is 8.42 Å². The van der Waals surface area contributed by atoms with Crippen molar-refractivity contribution in [2.75, 3.05) is 13.1 Å². The summed E-state index contributed by atoms with van der Waals surface area (Å²) in [5, 5.41) is 0. The Balaban J connectivity index is 2.28. The quantitative estimate of drug-likeness (QED) is 0.826. The maximum atomic E-state index is 12.5. The van der Waals surface area contributed by atoms with Gasteiger partial charge in [-0.05, 0) is 37.3 Å². The largest absolute Gasteiger partial charge is 0.243 e. The maximum Gasteiger partial charge on any atom is 0.243 e. The summed E-state index contributed by atoms with van der Waals surface area (Å²) in [6.07, 6.45) is 1.11. The fourth-order valence-electron chi connectivity index (χ4n) is 2.66. The van der Waals surface area contributed by atoms with Crippen LogP contribution in [0.25, 0.3) is 0 Å². The Morgan fingerprint density at radius 2 is 1.56 bits per heavy atom. The molecule has 0 N–H and O–H groups in total. The molecule has 0 bridgehead atoms. The number of hydrogen-bond acceptors (Lipinski definition) is 2. The van der Waals surface area contributed by atoms with Gasteiger partial charge in [-0.3, -0.25) is 0 Å². The predicted molar refractivity (Wildman–Crippen MR) is 72.9 cm³/mol. The summed E-state index contributed by atoms with van der Waals surface area (Å²) in [5.74, 6) is 0.878. The number of sulfonamides is 1. The summed E-state index contributed by atoms with van der Waals surface area (Å²) >= 11 is 0. The smallest absolute Gasteiger partial charge is 0.207 e. The molecule has 1 aromatic rings. The van der Waals surface area contributed by atoms with Gasteiger partial charge in [0, 0.05) is 13.1 Å². The molecule has 0 unspecified atom stereocenters. The van der Waals surface area contributed by atoms with Gasteiger partial charge >= 0.3 is 0 Å². The van der Waals surface area contributed by atoms with Crippen LogP contribution < -0.4 is 0 Å². The highest BCUT2D eigenvalue weighted by atomic mass is 32.2. The molecule has 0 amide bonds. The average Bonchev–Trinajstić information content (AvgIpc) is 2.28. The molecular weight excluding hydrogens is 246 g/mol. The maximum absolute atomic E-state index is 12.5. The van der Waals surface area contributed by atoms with Crippen LogP contribution in [0.3, 0.4) is 0 Å². The molecule has 1 heterocycles. The van der Waals surface area contributed by atoms with E-state index in [0.717, 1.165) is 12.0 Å². The van der Waals surface area contributed by atoms with Crippen LogP contribution in [0.1, 0.15) is 25.8 Å². The summed E-state index contributed by atoms with van der Waals surface area (Å²) in [4.78, 5) is 0.411. The molecule has 1 fully saturated rings. The van der Waals surface area contributed by atoms with E-state index in [2.05, 4.69) is 13.8 Å². The van der Waals surface area contributed by atoms with Crippen molar-refractivity contribution >= 4 is 10.0 Å². The fourth-order valence-corrected chi connectivity index (χ4v) is 4.34. The minimum atomic E-state index is -3.31. The molecule has 100 valence electrons. The number of piperidine rings is 1. The molecule has 0 aliphatic carbocycles. The monoisotopic (exact) mass is 267 g/mol. The molecule has 2 atom stereocenters. The van der Waals surface area contributed by atoms with Crippen molar-refractivity contribution < 1.29 is 8.42 Å². The molecule has 2 rings (SSSR count). The summed E-state index contributed by atoms with van der Waals surface area (Å²) < 4.78 is 26.7. The third-order valence-electron chi connectivity index (χ3n) is 3.49. The van der Waals surface area contributed by atoms with E-state index < -0.39 is 10.0 Å². The summed E-state index contributed by atoms with van der Waals surface area (Å²) in [5.41, 5.74) is 1.08. The van der Waals surface area contributed by atoms with Gasteiger partial charge in [-0.15, -0.1) is 0 Å². The van der Waals surface area contributed by atoms with E-state index in [0.29, 0.717) is 29.8 Å². The van der Waals surface area contributed by atoms with Crippen LogP contribution in [0.5, 0.6) is 0 Å². The number of benzene rings is 1. The van der Waals surface area contributed by atoms with Crippen molar-refractivity contribution in [3.63, 3.8) is 0 Å². The first kappa shape index (κ1) is 13.6. The lowest BCUT2D eigenvalue weighted by Crippen LogP contribution is -2.42. The zero-order valence-electron chi connectivity index (χ0n) is 11.3. The van der Waals surface area contributed by atoms with E-state index in [9.17, 15) is 8.42 Å². The van der Waals surface area contributed by atoms with Gasteiger partial charge in [0.15, 0.2) is 0 Å². The molecule has 4 heteroatoms. The molecule has 1 aliphatic rings. The van der Waals surface area contributed by atoms with Crippen LogP contribution in [0.4, 0.5) is 0 Å². The second kappa shape index (κ2) is 5.02. The second-order valence-corrected chi connectivity index (χ2v) is 7.52. The van der Waals surface area contributed by atoms with E-state index in [1.54, 1.807) is 16.4 Å². The molecule has 0 spiro atoms. The second-order valence-electron chi connectivity index (χ2n) is 5.58. The highest BCUT2D eigenvalue weighted by Crippen LogP contribution is 2.26. The molecule has 1 aliphatic heterocycles. The van der Waals surface area contributed by atoms with Gasteiger partial charge in [0.05, 0.1) is 4.90 Å². The van der Waals surface area contributed by atoms with Crippen molar-refractivity contribution in [1.82, 2.24) is 4.31 Å². The Morgan fingerprint density at radius 3 is 2.06 bits per heavy atom. The normalized spacial score (nSPS) is 26.2. The van der Waals surface area contributed by atoms with Gasteiger partial charge in [0.2, 0.25) is 10.0 Å². The standard InChI is InChI=1S/C14H21NO2S/c1-11-4-6-14(7-5-11)18(16,17)15-9-12(2)8-13(3)10-15/h4-7,12-13H,8-10H2,1-3H3/t12-,13-/m1/s1. The molecule has 0 saturated carbocycles. The molecule has 0 radical (unpaired) electrons. The Kier molecular flexibility index (Phi) is 3.78. The zero-order valence-corrected chi connectivity index (χ0v) is 12.1. The highest BCUT2D eigenvalue weighted by molar-refractivity contribution is 7.89. The lowest BCUT2D eigenvalue weighted by atomic mass is 9.94. The Morgan fingerprint density at radius 1 is 1.06 bits per heavy atom. The molecule has 3 nitrogen and oxygen atoms in total. The van der Waals surface area contributed by atoms with Crippen LogP contribution in [0.2, 0.25) is 0 Å². The topological polar surface area (TPSA) is 37.4 Å². The number of nitrogens with zero attached hydrogens (tertiary/aromatic N) is 1. The highest BCUT2D eigenvalue weighted by Gasteiger charge is 2.31. The molecular formula is C14H21NO2S. The Hall–Kier alpha value is -0.870. The minimum absolute atomic E-state index is 0.411. The summed E-state index contributed by atoms with van der Waals surface area (Å²) in [6, 6.07) is 7.11. The van der Waals surface area contributed by atoms with Gasteiger partial charge in [0.1, 0.15) is 0 Å². The molecule has 1 saturated heterocycles. The fraction of sp³-hybridized carbons (Fsp3) is 0.571. The minimum Gasteiger partial charge on any atom is -0.207 e. The summed E-state index contributed by atoms with van der Waals surface area (Å²) in [6.45, 7) is 7.48. The predicted octanol–water partition coefficient (Wildman–Crippen LogP) is 2.66. The van der Waals surface area contributed by atoms with E-state index in [1.165, 1.54) is 0 Å². The van der Waals surface area contributed by atoms with Gasteiger partial charge in [-0.2, -0.15) is 4.31 Å². The lowest BCUT2D eigenvalue weighted by Gasteiger charge is -2.34.